The highest BCUT2D eigenvalue weighted by Gasteiger charge is 2.33. The molecule has 0 N–H and O–H groups in total. The summed E-state index contributed by atoms with van der Waals surface area (Å²) in [7, 11) is 1.60. The van der Waals surface area contributed by atoms with Crippen LogP contribution in [-0.4, -0.2) is 84.3 Å². The normalized spacial score (nSPS) is 19.4. The van der Waals surface area contributed by atoms with Gasteiger partial charge in [0.25, 0.3) is 5.91 Å². The summed E-state index contributed by atoms with van der Waals surface area (Å²) in [6, 6.07) is 15.9. The molecule has 1 unspecified atom stereocenters. The van der Waals surface area contributed by atoms with Gasteiger partial charge in [0.15, 0.2) is 0 Å². The Morgan fingerprint density at radius 2 is 1.95 bits per heavy atom. The van der Waals surface area contributed by atoms with E-state index < -0.39 is 0 Å². The van der Waals surface area contributed by atoms with Crippen LogP contribution in [0.25, 0.3) is 11.3 Å². The van der Waals surface area contributed by atoms with Crippen molar-refractivity contribution in [3.63, 3.8) is 0 Å². The summed E-state index contributed by atoms with van der Waals surface area (Å²) in [4.78, 5) is 27.1. The largest absolute Gasteiger partial charge is 0.496 e. The van der Waals surface area contributed by atoms with Crippen molar-refractivity contribution in [2.45, 2.75) is 44.2 Å². The second-order valence-corrected chi connectivity index (χ2v) is 10.9. The number of hydrogen-bond acceptors (Lipinski definition) is 8. The molecule has 1 amide bonds. The van der Waals surface area contributed by atoms with Crippen LogP contribution in [0.2, 0.25) is 0 Å². The highest BCUT2D eigenvalue weighted by Crippen LogP contribution is 2.29. The lowest BCUT2D eigenvalue weighted by Gasteiger charge is -2.37. The van der Waals surface area contributed by atoms with E-state index in [4.69, 9.17) is 19.2 Å². The number of methoxy groups -OCH3 is 1. The number of nitriles is 1. The van der Waals surface area contributed by atoms with E-state index in [1.165, 1.54) is 6.42 Å². The Morgan fingerprint density at radius 1 is 1.07 bits per heavy atom. The van der Waals surface area contributed by atoms with Crippen molar-refractivity contribution in [2.24, 2.45) is 0 Å². The first-order valence-corrected chi connectivity index (χ1v) is 14.4. The third kappa shape index (κ3) is 6.04. The summed E-state index contributed by atoms with van der Waals surface area (Å²) >= 11 is 0. The maximum absolute atomic E-state index is 13.4. The molecule has 6 rings (SSSR count). The highest BCUT2D eigenvalue weighted by molar-refractivity contribution is 5.97. The van der Waals surface area contributed by atoms with Crippen molar-refractivity contribution in [3.05, 3.63) is 71.2 Å². The summed E-state index contributed by atoms with van der Waals surface area (Å²) in [5, 5.41) is 9.77. The van der Waals surface area contributed by atoms with E-state index in [1.807, 2.05) is 47.4 Å². The van der Waals surface area contributed by atoms with Crippen LogP contribution in [-0.2, 0) is 11.2 Å². The summed E-state index contributed by atoms with van der Waals surface area (Å²) < 4.78 is 17.2. The van der Waals surface area contributed by atoms with Crippen LogP contribution in [0.1, 0.15) is 53.0 Å². The Kier molecular flexibility index (Phi) is 8.12. The van der Waals surface area contributed by atoms with Crippen LogP contribution in [0.3, 0.4) is 0 Å². The third-order valence-electron chi connectivity index (χ3n) is 8.30. The number of piperazine rings is 1. The van der Waals surface area contributed by atoms with E-state index in [0.29, 0.717) is 54.1 Å². The van der Waals surface area contributed by atoms with Gasteiger partial charge < -0.3 is 19.1 Å². The molecule has 3 aliphatic heterocycles. The SMILES string of the molecule is COc1cc(Cc2nccc(-c3ccc(OC4CCOCC4)c(C#N)c3)n2)ccc1C(=O)N1CCN2CCCC2C1. The molecule has 9 heteroatoms. The van der Waals surface area contributed by atoms with Gasteiger partial charge in [0.2, 0.25) is 0 Å². The number of nitrogens with zero attached hydrogens (tertiary/aromatic N) is 5. The fourth-order valence-corrected chi connectivity index (χ4v) is 6.05. The molecule has 1 atom stereocenters. The average molecular weight is 554 g/mol. The van der Waals surface area contributed by atoms with E-state index in [9.17, 15) is 10.1 Å². The lowest BCUT2D eigenvalue weighted by atomic mass is 10.0. The number of rotatable bonds is 7. The minimum Gasteiger partial charge on any atom is -0.496 e. The molecule has 0 bridgehead atoms. The fraction of sp³-hybridized carbons (Fsp3) is 0.438. The Labute approximate surface area is 240 Å². The number of carbonyl (C=O) groups is 1. The summed E-state index contributed by atoms with van der Waals surface area (Å²) in [5.41, 5.74) is 3.58. The highest BCUT2D eigenvalue weighted by atomic mass is 16.5. The maximum atomic E-state index is 13.4. The molecule has 3 saturated heterocycles. The van der Waals surface area contributed by atoms with E-state index >= 15 is 0 Å². The van der Waals surface area contributed by atoms with Crippen LogP contribution >= 0.6 is 0 Å². The topological polar surface area (TPSA) is 101 Å². The molecule has 0 saturated carbocycles. The number of fused-ring (bicyclic) bond motifs is 1. The quantitative estimate of drug-likeness (QED) is 0.431. The molecule has 2 aromatic carbocycles. The van der Waals surface area contributed by atoms with Gasteiger partial charge in [0, 0.05) is 56.7 Å². The zero-order chi connectivity index (χ0) is 28.2. The van der Waals surface area contributed by atoms with Gasteiger partial charge in [-0.2, -0.15) is 5.26 Å². The summed E-state index contributed by atoms with van der Waals surface area (Å²) in [6.45, 7) is 4.96. The van der Waals surface area contributed by atoms with Crippen molar-refractivity contribution in [3.8, 4) is 28.8 Å². The molecular weight excluding hydrogens is 518 g/mol. The van der Waals surface area contributed by atoms with Gasteiger partial charge in [0.1, 0.15) is 29.5 Å². The van der Waals surface area contributed by atoms with E-state index in [0.717, 1.165) is 62.3 Å². The molecule has 4 heterocycles. The van der Waals surface area contributed by atoms with Crippen molar-refractivity contribution < 1.29 is 19.0 Å². The number of aromatic nitrogens is 2. The van der Waals surface area contributed by atoms with Crippen molar-refractivity contribution in [1.82, 2.24) is 19.8 Å². The molecular formula is C32H35N5O4. The maximum Gasteiger partial charge on any atom is 0.257 e. The van der Waals surface area contributed by atoms with Crippen LogP contribution in [0.5, 0.6) is 11.5 Å². The monoisotopic (exact) mass is 553 g/mol. The molecule has 3 aliphatic rings. The lowest BCUT2D eigenvalue weighted by Crippen LogP contribution is -2.52. The molecule has 0 spiro atoms. The number of ether oxygens (including phenoxy) is 3. The smallest absolute Gasteiger partial charge is 0.257 e. The van der Waals surface area contributed by atoms with Gasteiger partial charge in [-0.3, -0.25) is 9.69 Å². The predicted molar refractivity (Wildman–Crippen MR) is 153 cm³/mol. The van der Waals surface area contributed by atoms with Gasteiger partial charge >= 0.3 is 0 Å². The predicted octanol–water partition coefficient (Wildman–Crippen LogP) is 4.09. The van der Waals surface area contributed by atoms with E-state index in [1.54, 1.807) is 13.3 Å². The zero-order valence-corrected chi connectivity index (χ0v) is 23.4. The number of hydrogen-bond donors (Lipinski definition) is 0. The molecule has 3 fully saturated rings. The summed E-state index contributed by atoms with van der Waals surface area (Å²) in [6.07, 6.45) is 6.28. The second kappa shape index (κ2) is 12.2. The first-order chi connectivity index (χ1) is 20.1. The molecule has 0 aliphatic carbocycles. The fourth-order valence-electron chi connectivity index (χ4n) is 6.05. The first kappa shape index (κ1) is 27.2. The van der Waals surface area contributed by atoms with Gasteiger partial charge in [0.05, 0.1) is 37.1 Å². The van der Waals surface area contributed by atoms with Crippen molar-refractivity contribution in [1.29, 1.82) is 5.26 Å². The van der Waals surface area contributed by atoms with Gasteiger partial charge in [-0.25, -0.2) is 9.97 Å². The Hall–Kier alpha value is -4.00. The van der Waals surface area contributed by atoms with Crippen molar-refractivity contribution >= 4 is 5.91 Å². The lowest BCUT2D eigenvalue weighted by molar-refractivity contribution is 0.0254. The van der Waals surface area contributed by atoms with Gasteiger partial charge in [-0.15, -0.1) is 0 Å². The minimum atomic E-state index is 0.0238. The summed E-state index contributed by atoms with van der Waals surface area (Å²) in [5.74, 6) is 1.82. The van der Waals surface area contributed by atoms with Gasteiger partial charge in [-0.05, 0) is 61.3 Å². The molecule has 41 heavy (non-hydrogen) atoms. The Balaban J connectivity index is 1.16. The van der Waals surface area contributed by atoms with E-state index in [-0.39, 0.29) is 12.0 Å². The molecule has 1 aromatic heterocycles. The van der Waals surface area contributed by atoms with Crippen LogP contribution in [0, 0.1) is 11.3 Å². The number of carbonyl (C=O) groups excluding carboxylic acids is 1. The van der Waals surface area contributed by atoms with Crippen LogP contribution in [0.4, 0.5) is 0 Å². The minimum absolute atomic E-state index is 0.0238. The molecule has 3 aromatic rings. The van der Waals surface area contributed by atoms with Crippen molar-refractivity contribution in [2.75, 3.05) is 46.5 Å². The average Bonchev–Trinajstić information content (AvgIpc) is 3.50. The first-order valence-electron chi connectivity index (χ1n) is 14.4. The van der Waals surface area contributed by atoms with E-state index in [2.05, 4.69) is 16.0 Å². The molecule has 9 nitrogen and oxygen atoms in total. The molecule has 0 radical (unpaired) electrons. The standard InChI is InChI=1S/C32H35N5O4/c1-39-30-17-22(4-6-27(30)32(38)37-14-13-36-12-2-3-25(36)21-37)18-31-34-11-8-28(35-31)23-5-7-29(24(19-23)20-33)41-26-9-15-40-16-10-26/h4-8,11,17,19,25-26H,2-3,9-10,12-16,18,21H2,1H3. The Morgan fingerprint density at radius 3 is 2.78 bits per heavy atom. The van der Waals surface area contributed by atoms with Gasteiger partial charge in [-0.1, -0.05) is 6.07 Å². The van der Waals surface area contributed by atoms with Crippen LogP contribution < -0.4 is 9.47 Å². The number of benzene rings is 2. The zero-order valence-electron chi connectivity index (χ0n) is 23.4. The Bertz CT molecular complexity index is 1450. The molecule has 212 valence electrons. The number of amides is 1. The second-order valence-electron chi connectivity index (χ2n) is 10.9. The third-order valence-corrected chi connectivity index (χ3v) is 8.30. The van der Waals surface area contributed by atoms with Crippen LogP contribution in [0.15, 0.2) is 48.7 Å².